The van der Waals surface area contributed by atoms with E-state index >= 15 is 0 Å². The van der Waals surface area contributed by atoms with Gasteiger partial charge >= 0.3 is 0 Å². The van der Waals surface area contributed by atoms with Crippen LogP contribution >= 0.6 is 0 Å². The summed E-state index contributed by atoms with van der Waals surface area (Å²) in [4.78, 5) is 4.91. The van der Waals surface area contributed by atoms with Crippen molar-refractivity contribution < 1.29 is 5.11 Å². The van der Waals surface area contributed by atoms with Crippen LogP contribution in [0.5, 0.6) is 5.75 Å². The highest BCUT2D eigenvalue weighted by atomic mass is 16.3. The number of phenolic OH excluding ortho intramolecular Hbond substituents is 1. The first-order chi connectivity index (χ1) is 14.2. The summed E-state index contributed by atoms with van der Waals surface area (Å²) in [6.07, 6.45) is 4.98. The lowest BCUT2D eigenvalue weighted by Crippen LogP contribution is -2.44. The largest absolute Gasteiger partial charge is 0.508 e. The number of nitrogens with one attached hydrogen (secondary N) is 2. The summed E-state index contributed by atoms with van der Waals surface area (Å²) in [5, 5.41) is 19.3. The molecule has 0 heterocycles. The van der Waals surface area contributed by atoms with Gasteiger partial charge in [-0.2, -0.15) is 0 Å². The Hall–Kier alpha value is -3.01. The standard InChI is InChI=1S/C25H29N3O/c1-18-8-2-5-15-24(18)28-25(27-21-12-7-13-22(29)16-21)26-17-20-11-6-10-19-9-3-4-14-23(19)20/h3-4,6-7,9-14,16,18,24,29H,2,5,8,15,17H2,1H3,(H2,26,27,28). The van der Waals surface area contributed by atoms with Gasteiger partial charge in [0.15, 0.2) is 5.96 Å². The van der Waals surface area contributed by atoms with Crippen molar-refractivity contribution in [1.82, 2.24) is 5.32 Å². The Morgan fingerprint density at radius 1 is 1.00 bits per heavy atom. The molecule has 3 N–H and O–H groups in total. The minimum Gasteiger partial charge on any atom is -0.508 e. The average Bonchev–Trinajstić information content (AvgIpc) is 2.73. The van der Waals surface area contributed by atoms with E-state index in [0.29, 0.717) is 18.5 Å². The van der Waals surface area contributed by atoms with E-state index in [1.165, 1.54) is 35.6 Å². The van der Waals surface area contributed by atoms with Gasteiger partial charge in [-0.05, 0) is 47.2 Å². The molecule has 150 valence electrons. The minimum atomic E-state index is 0.245. The Morgan fingerprint density at radius 2 is 1.79 bits per heavy atom. The van der Waals surface area contributed by atoms with Gasteiger partial charge in [-0.3, -0.25) is 0 Å². The Bertz CT molecular complexity index is 993. The Kier molecular flexibility index (Phi) is 5.99. The van der Waals surface area contributed by atoms with Crippen LogP contribution in [0.3, 0.4) is 0 Å². The topological polar surface area (TPSA) is 56.7 Å². The van der Waals surface area contributed by atoms with Crippen molar-refractivity contribution in [2.24, 2.45) is 10.9 Å². The van der Waals surface area contributed by atoms with E-state index in [4.69, 9.17) is 4.99 Å². The Labute approximate surface area is 172 Å². The molecule has 0 spiro atoms. The lowest BCUT2D eigenvalue weighted by atomic mass is 9.86. The number of rotatable bonds is 4. The molecule has 2 unspecified atom stereocenters. The molecule has 1 fully saturated rings. The second kappa shape index (κ2) is 8.99. The van der Waals surface area contributed by atoms with Crippen molar-refractivity contribution in [2.75, 3.05) is 5.32 Å². The van der Waals surface area contributed by atoms with E-state index in [9.17, 15) is 5.11 Å². The first-order valence-corrected chi connectivity index (χ1v) is 10.5. The van der Waals surface area contributed by atoms with E-state index in [1.807, 2.05) is 12.1 Å². The van der Waals surface area contributed by atoms with Crippen LogP contribution in [0.15, 0.2) is 71.7 Å². The third-order valence-corrected chi connectivity index (χ3v) is 5.83. The number of aliphatic imine (C=N–C) groups is 1. The molecule has 4 rings (SSSR count). The van der Waals surface area contributed by atoms with Gasteiger partial charge in [0.1, 0.15) is 5.75 Å². The summed E-state index contributed by atoms with van der Waals surface area (Å²) in [6, 6.07) is 22.4. The maximum absolute atomic E-state index is 9.82. The van der Waals surface area contributed by atoms with Gasteiger partial charge in [0, 0.05) is 17.8 Å². The van der Waals surface area contributed by atoms with Crippen molar-refractivity contribution in [3.63, 3.8) is 0 Å². The van der Waals surface area contributed by atoms with Crippen LogP contribution in [0.25, 0.3) is 10.8 Å². The highest BCUT2D eigenvalue weighted by Gasteiger charge is 2.22. The molecule has 0 aromatic heterocycles. The number of anilines is 1. The van der Waals surface area contributed by atoms with Crippen LogP contribution in [0, 0.1) is 5.92 Å². The second-order valence-electron chi connectivity index (χ2n) is 7.99. The Morgan fingerprint density at radius 3 is 2.66 bits per heavy atom. The number of benzene rings is 3. The van der Waals surface area contributed by atoms with E-state index in [1.54, 1.807) is 12.1 Å². The molecule has 0 aliphatic heterocycles. The molecular weight excluding hydrogens is 358 g/mol. The summed E-state index contributed by atoms with van der Waals surface area (Å²) in [5.41, 5.74) is 2.04. The van der Waals surface area contributed by atoms with Crippen molar-refractivity contribution in [3.8, 4) is 5.75 Å². The van der Waals surface area contributed by atoms with Gasteiger partial charge in [0.25, 0.3) is 0 Å². The normalized spacial score (nSPS) is 19.8. The number of guanidine groups is 1. The monoisotopic (exact) mass is 387 g/mol. The molecular formula is C25H29N3O. The predicted molar refractivity (Wildman–Crippen MR) is 121 cm³/mol. The van der Waals surface area contributed by atoms with Gasteiger partial charge in [-0.15, -0.1) is 0 Å². The fraction of sp³-hybridized carbons (Fsp3) is 0.320. The number of phenols is 1. The molecule has 2 atom stereocenters. The molecule has 0 bridgehead atoms. The lowest BCUT2D eigenvalue weighted by Gasteiger charge is -2.31. The quantitative estimate of drug-likeness (QED) is 0.399. The van der Waals surface area contributed by atoms with Gasteiger partial charge < -0.3 is 15.7 Å². The van der Waals surface area contributed by atoms with Gasteiger partial charge in [0.2, 0.25) is 0 Å². The maximum Gasteiger partial charge on any atom is 0.196 e. The van der Waals surface area contributed by atoms with Gasteiger partial charge in [-0.25, -0.2) is 4.99 Å². The number of aromatic hydroxyl groups is 1. The maximum atomic E-state index is 9.82. The molecule has 0 saturated heterocycles. The van der Waals surface area contributed by atoms with Crippen molar-refractivity contribution in [3.05, 3.63) is 72.3 Å². The number of hydrogen-bond donors (Lipinski definition) is 3. The van der Waals surface area contributed by atoms with Gasteiger partial charge in [-0.1, -0.05) is 68.3 Å². The molecule has 1 aliphatic carbocycles. The highest BCUT2D eigenvalue weighted by Crippen LogP contribution is 2.24. The molecule has 29 heavy (non-hydrogen) atoms. The average molecular weight is 388 g/mol. The Balaban J connectivity index is 1.59. The molecule has 4 heteroatoms. The zero-order valence-corrected chi connectivity index (χ0v) is 16.9. The molecule has 3 aromatic carbocycles. The van der Waals surface area contributed by atoms with Crippen LogP contribution < -0.4 is 10.6 Å². The van der Waals surface area contributed by atoms with Crippen LogP contribution in [-0.4, -0.2) is 17.1 Å². The molecule has 0 radical (unpaired) electrons. The van der Waals surface area contributed by atoms with Crippen molar-refractivity contribution in [1.29, 1.82) is 0 Å². The summed E-state index contributed by atoms with van der Waals surface area (Å²) in [6.45, 7) is 2.91. The summed E-state index contributed by atoms with van der Waals surface area (Å²) < 4.78 is 0. The fourth-order valence-electron chi connectivity index (χ4n) is 4.14. The summed E-state index contributed by atoms with van der Waals surface area (Å²) >= 11 is 0. The number of hydrogen-bond acceptors (Lipinski definition) is 2. The van der Waals surface area contributed by atoms with Crippen molar-refractivity contribution >= 4 is 22.4 Å². The molecule has 3 aromatic rings. The van der Waals surface area contributed by atoms with Crippen LogP contribution in [0.4, 0.5) is 5.69 Å². The van der Waals surface area contributed by atoms with E-state index in [0.717, 1.165) is 18.1 Å². The van der Waals surface area contributed by atoms with Crippen LogP contribution in [0.1, 0.15) is 38.2 Å². The highest BCUT2D eigenvalue weighted by molar-refractivity contribution is 5.94. The fourth-order valence-corrected chi connectivity index (χ4v) is 4.14. The third-order valence-electron chi connectivity index (χ3n) is 5.83. The zero-order valence-electron chi connectivity index (χ0n) is 16.9. The smallest absolute Gasteiger partial charge is 0.196 e. The summed E-state index contributed by atoms with van der Waals surface area (Å²) in [7, 11) is 0. The predicted octanol–water partition coefficient (Wildman–Crippen LogP) is 5.68. The molecule has 4 nitrogen and oxygen atoms in total. The molecule has 1 aliphatic rings. The minimum absolute atomic E-state index is 0.245. The first kappa shape index (κ1) is 19.3. The van der Waals surface area contributed by atoms with Crippen LogP contribution in [0.2, 0.25) is 0 Å². The lowest BCUT2D eigenvalue weighted by molar-refractivity contribution is 0.308. The van der Waals surface area contributed by atoms with Gasteiger partial charge in [0.05, 0.1) is 6.54 Å². The van der Waals surface area contributed by atoms with E-state index in [2.05, 4.69) is 60.0 Å². The second-order valence-corrected chi connectivity index (χ2v) is 7.99. The SMILES string of the molecule is CC1CCCCC1NC(=NCc1cccc2ccccc12)Nc1cccc(O)c1. The summed E-state index contributed by atoms with van der Waals surface area (Å²) in [5.74, 6) is 1.63. The van der Waals surface area contributed by atoms with Crippen LogP contribution in [-0.2, 0) is 6.54 Å². The van der Waals surface area contributed by atoms with E-state index < -0.39 is 0 Å². The number of fused-ring (bicyclic) bond motifs is 1. The number of nitrogens with zero attached hydrogens (tertiary/aromatic N) is 1. The van der Waals surface area contributed by atoms with E-state index in [-0.39, 0.29) is 5.75 Å². The molecule has 1 saturated carbocycles. The molecule has 0 amide bonds. The van der Waals surface area contributed by atoms with Crippen molar-refractivity contribution in [2.45, 2.75) is 45.2 Å². The third kappa shape index (κ3) is 4.89. The first-order valence-electron chi connectivity index (χ1n) is 10.5. The zero-order chi connectivity index (χ0) is 20.1.